The van der Waals surface area contributed by atoms with Crippen LogP contribution in [0, 0.1) is 18.6 Å². The Labute approximate surface area is 106 Å². The molecule has 0 saturated carbocycles. The lowest BCUT2D eigenvalue weighted by atomic mass is 10.1. The monoisotopic (exact) mass is 247 g/mol. The van der Waals surface area contributed by atoms with Crippen LogP contribution in [0.15, 0.2) is 18.2 Å². The maximum absolute atomic E-state index is 5.31. The Balaban J connectivity index is 2.59. The van der Waals surface area contributed by atoms with Crippen LogP contribution in [-0.4, -0.2) is 14.8 Å². The predicted molar refractivity (Wildman–Crippen MR) is 72.2 cm³/mol. The minimum absolute atomic E-state index is 0.667. The zero-order chi connectivity index (χ0) is 12.4. The quantitative estimate of drug-likeness (QED) is 0.842. The van der Waals surface area contributed by atoms with Gasteiger partial charge in [0.1, 0.15) is 5.82 Å². The average molecular weight is 247 g/mol. The van der Waals surface area contributed by atoms with Crippen LogP contribution in [0.5, 0.6) is 0 Å². The molecule has 0 bridgehead atoms. The van der Waals surface area contributed by atoms with Gasteiger partial charge in [0.25, 0.3) is 0 Å². The van der Waals surface area contributed by atoms with Gasteiger partial charge in [-0.15, -0.1) is 0 Å². The number of aromatic nitrogens is 3. The maximum Gasteiger partial charge on any atom is 0.199 e. The van der Waals surface area contributed by atoms with E-state index in [4.69, 9.17) is 12.2 Å². The number of hydrogen-bond acceptors (Lipinski definition) is 2. The van der Waals surface area contributed by atoms with Crippen molar-refractivity contribution in [2.45, 2.75) is 33.6 Å². The molecule has 0 spiro atoms. The predicted octanol–water partition coefficient (Wildman–Crippen LogP) is 3.50. The molecule has 1 heterocycles. The Bertz CT molecular complexity index is 581. The first-order valence-corrected chi connectivity index (χ1v) is 6.28. The summed E-state index contributed by atoms with van der Waals surface area (Å²) in [7, 11) is 0. The van der Waals surface area contributed by atoms with E-state index in [1.54, 1.807) is 0 Å². The fourth-order valence-corrected chi connectivity index (χ4v) is 2.27. The molecule has 0 radical (unpaired) electrons. The van der Waals surface area contributed by atoms with Gasteiger partial charge < -0.3 is 0 Å². The summed E-state index contributed by atoms with van der Waals surface area (Å²) in [4.78, 5) is 0. The molecule has 17 heavy (non-hydrogen) atoms. The van der Waals surface area contributed by atoms with Gasteiger partial charge in [-0.2, -0.15) is 5.10 Å². The summed E-state index contributed by atoms with van der Waals surface area (Å²) in [5, 5.41) is 7.17. The first-order valence-electron chi connectivity index (χ1n) is 5.87. The van der Waals surface area contributed by atoms with Crippen LogP contribution in [0.2, 0.25) is 0 Å². The molecule has 0 saturated heterocycles. The van der Waals surface area contributed by atoms with Gasteiger partial charge in [-0.25, -0.2) is 0 Å². The second kappa shape index (κ2) is 4.84. The van der Waals surface area contributed by atoms with Crippen molar-refractivity contribution in [2.24, 2.45) is 0 Å². The Kier molecular flexibility index (Phi) is 3.43. The smallest absolute Gasteiger partial charge is 0.199 e. The van der Waals surface area contributed by atoms with E-state index in [1.165, 1.54) is 11.1 Å². The van der Waals surface area contributed by atoms with Gasteiger partial charge >= 0.3 is 0 Å². The number of hydrogen-bond donors (Lipinski definition) is 1. The number of aryl methyl sites for hydroxylation is 3. The summed E-state index contributed by atoms with van der Waals surface area (Å²) in [6.07, 6.45) is 1.99. The van der Waals surface area contributed by atoms with E-state index in [1.807, 2.05) is 4.57 Å². The molecular formula is C13H17N3S. The van der Waals surface area contributed by atoms with E-state index < -0.39 is 0 Å². The van der Waals surface area contributed by atoms with Crippen LogP contribution in [-0.2, 0) is 6.42 Å². The molecule has 2 rings (SSSR count). The van der Waals surface area contributed by atoms with E-state index >= 15 is 0 Å². The summed E-state index contributed by atoms with van der Waals surface area (Å²) in [5.74, 6) is 1.00. The second-order valence-corrected chi connectivity index (χ2v) is 4.71. The normalized spacial score (nSPS) is 10.8. The third-order valence-electron chi connectivity index (χ3n) is 2.81. The summed E-state index contributed by atoms with van der Waals surface area (Å²) < 4.78 is 2.70. The molecule has 0 aliphatic rings. The third-order valence-corrected chi connectivity index (χ3v) is 3.08. The molecule has 2 aromatic rings. The van der Waals surface area contributed by atoms with Crippen LogP contribution >= 0.6 is 12.2 Å². The van der Waals surface area contributed by atoms with Gasteiger partial charge in [0.15, 0.2) is 4.77 Å². The molecule has 0 fully saturated rings. The number of H-pyrrole nitrogens is 1. The molecule has 0 unspecified atom stereocenters. The largest absolute Gasteiger partial charge is 0.272 e. The van der Waals surface area contributed by atoms with Crippen molar-refractivity contribution >= 4 is 12.2 Å². The minimum Gasteiger partial charge on any atom is -0.272 e. The topological polar surface area (TPSA) is 33.6 Å². The zero-order valence-electron chi connectivity index (χ0n) is 10.4. The van der Waals surface area contributed by atoms with Gasteiger partial charge in [0.2, 0.25) is 0 Å². The van der Waals surface area contributed by atoms with E-state index in [0.29, 0.717) is 4.77 Å². The molecule has 3 nitrogen and oxygen atoms in total. The van der Waals surface area contributed by atoms with Gasteiger partial charge in [0, 0.05) is 6.42 Å². The van der Waals surface area contributed by atoms with Crippen molar-refractivity contribution in [3.05, 3.63) is 39.9 Å². The average Bonchev–Trinajstić information content (AvgIpc) is 2.62. The van der Waals surface area contributed by atoms with Crippen molar-refractivity contribution in [3.63, 3.8) is 0 Å². The van der Waals surface area contributed by atoms with E-state index in [0.717, 1.165) is 24.4 Å². The van der Waals surface area contributed by atoms with Crippen LogP contribution in [0.4, 0.5) is 0 Å². The number of aromatic amines is 1. The molecule has 0 aliphatic heterocycles. The fourth-order valence-electron chi connectivity index (χ4n) is 2.03. The first kappa shape index (κ1) is 12.0. The zero-order valence-corrected chi connectivity index (χ0v) is 11.3. The van der Waals surface area contributed by atoms with Crippen molar-refractivity contribution in [1.82, 2.24) is 14.8 Å². The number of nitrogens with one attached hydrogen (secondary N) is 1. The van der Waals surface area contributed by atoms with E-state index in [2.05, 4.69) is 49.2 Å². The lowest BCUT2D eigenvalue weighted by molar-refractivity contribution is 0.799. The molecule has 0 atom stereocenters. The molecule has 90 valence electrons. The Hall–Kier alpha value is -1.42. The molecule has 0 aliphatic carbocycles. The molecule has 4 heteroatoms. The van der Waals surface area contributed by atoms with E-state index in [-0.39, 0.29) is 0 Å². The van der Waals surface area contributed by atoms with Gasteiger partial charge in [-0.3, -0.25) is 9.67 Å². The Morgan fingerprint density at radius 1 is 1.35 bits per heavy atom. The van der Waals surface area contributed by atoms with Crippen molar-refractivity contribution < 1.29 is 0 Å². The molecule has 1 aromatic heterocycles. The van der Waals surface area contributed by atoms with Crippen molar-refractivity contribution in [2.75, 3.05) is 0 Å². The molecular weight excluding hydrogens is 230 g/mol. The highest BCUT2D eigenvalue weighted by Gasteiger charge is 2.09. The van der Waals surface area contributed by atoms with Crippen LogP contribution < -0.4 is 0 Å². The summed E-state index contributed by atoms with van der Waals surface area (Å²) >= 11 is 5.31. The van der Waals surface area contributed by atoms with Crippen molar-refractivity contribution in [3.8, 4) is 5.69 Å². The second-order valence-electron chi connectivity index (χ2n) is 4.32. The minimum atomic E-state index is 0.667. The van der Waals surface area contributed by atoms with Gasteiger partial charge in [-0.05, 0) is 44.1 Å². The van der Waals surface area contributed by atoms with Gasteiger partial charge in [-0.1, -0.05) is 24.6 Å². The highest BCUT2D eigenvalue weighted by atomic mass is 32.1. The SMILES string of the molecule is CCCc1n[nH]c(=S)n1-c1ccc(C)cc1C. The first-order chi connectivity index (χ1) is 8.13. The maximum atomic E-state index is 5.31. The summed E-state index contributed by atoms with van der Waals surface area (Å²) in [6, 6.07) is 6.38. The Morgan fingerprint density at radius 2 is 2.12 bits per heavy atom. The molecule has 1 N–H and O–H groups in total. The van der Waals surface area contributed by atoms with E-state index in [9.17, 15) is 0 Å². The number of rotatable bonds is 3. The van der Waals surface area contributed by atoms with Crippen LogP contribution in [0.3, 0.4) is 0 Å². The van der Waals surface area contributed by atoms with Crippen molar-refractivity contribution in [1.29, 1.82) is 0 Å². The highest BCUT2D eigenvalue weighted by molar-refractivity contribution is 7.71. The molecule has 0 amide bonds. The van der Waals surface area contributed by atoms with Gasteiger partial charge in [0.05, 0.1) is 5.69 Å². The third kappa shape index (κ3) is 2.31. The highest BCUT2D eigenvalue weighted by Crippen LogP contribution is 2.18. The number of benzene rings is 1. The Morgan fingerprint density at radius 3 is 2.76 bits per heavy atom. The summed E-state index contributed by atoms with van der Waals surface area (Å²) in [6.45, 7) is 6.34. The fraction of sp³-hybridized carbons (Fsp3) is 0.385. The lowest BCUT2D eigenvalue weighted by Crippen LogP contribution is -2.03. The number of nitrogens with zero attached hydrogens (tertiary/aromatic N) is 2. The summed E-state index contributed by atoms with van der Waals surface area (Å²) in [5.41, 5.74) is 3.61. The molecule has 1 aromatic carbocycles. The van der Waals surface area contributed by atoms with Crippen LogP contribution in [0.25, 0.3) is 5.69 Å². The lowest BCUT2D eigenvalue weighted by Gasteiger charge is -2.10. The standard InChI is InChI=1S/C13H17N3S/c1-4-5-12-14-15-13(17)16(12)11-7-6-9(2)8-10(11)3/h6-8H,4-5H2,1-3H3,(H,15,17). The van der Waals surface area contributed by atoms with Crippen LogP contribution in [0.1, 0.15) is 30.3 Å².